The molecule has 0 bridgehead atoms. The SMILES string of the molecule is O=C(Nc1ccccc1)C1CCN(C(=O)C2COCCN2)CC1. The molecular weight excluding hydrogens is 294 g/mol. The minimum absolute atomic E-state index is 0.0326. The predicted octanol–water partition coefficient (Wildman–Crippen LogP) is 0.852. The topological polar surface area (TPSA) is 70.7 Å². The summed E-state index contributed by atoms with van der Waals surface area (Å²) in [6, 6.07) is 9.24. The van der Waals surface area contributed by atoms with Crippen LogP contribution in [-0.4, -0.2) is 55.6 Å². The number of carbonyl (C=O) groups is 2. The Kier molecular flexibility index (Phi) is 5.25. The lowest BCUT2D eigenvalue weighted by molar-refractivity contribution is -0.139. The van der Waals surface area contributed by atoms with E-state index in [1.807, 2.05) is 35.2 Å². The average molecular weight is 317 g/mol. The molecular formula is C17H23N3O3. The summed E-state index contributed by atoms with van der Waals surface area (Å²) in [6.45, 7) is 3.07. The molecule has 0 spiro atoms. The van der Waals surface area contributed by atoms with Gasteiger partial charge < -0.3 is 20.3 Å². The molecule has 2 saturated heterocycles. The van der Waals surface area contributed by atoms with E-state index in [0.717, 1.165) is 5.69 Å². The summed E-state index contributed by atoms with van der Waals surface area (Å²) in [5, 5.41) is 6.13. The number of hydrogen-bond donors (Lipinski definition) is 2. The van der Waals surface area contributed by atoms with Crippen LogP contribution >= 0.6 is 0 Å². The Morgan fingerprint density at radius 1 is 1.17 bits per heavy atom. The number of para-hydroxylation sites is 1. The van der Waals surface area contributed by atoms with Crippen LogP contribution in [0.2, 0.25) is 0 Å². The van der Waals surface area contributed by atoms with Gasteiger partial charge in [-0.3, -0.25) is 9.59 Å². The second kappa shape index (κ2) is 7.57. The highest BCUT2D eigenvalue weighted by molar-refractivity contribution is 5.92. The van der Waals surface area contributed by atoms with E-state index in [2.05, 4.69) is 10.6 Å². The number of nitrogens with zero attached hydrogens (tertiary/aromatic N) is 1. The zero-order valence-corrected chi connectivity index (χ0v) is 13.2. The number of amides is 2. The lowest BCUT2D eigenvalue weighted by atomic mass is 9.95. The number of rotatable bonds is 3. The van der Waals surface area contributed by atoms with Crippen LogP contribution < -0.4 is 10.6 Å². The van der Waals surface area contributed by atoms with Gasteiger partial charge in [-0.25, -0.2) is 0 Å². The van der Waals surface area contributed by atoms with Gasteiger partial charge in [-0.1, -0.05) is 18.2 Å². The fourth-order valence-electron chi connectivity index (χ4n) is 3.07. The molecule has 2 fully saturated rings. The first-order valence-corrected chi connectivity index (χ1v) is 8.20. The quantitative estimate of drug-likeness (QED) is 0.867. The van der Waals surface area contributed by atoms with Gasteiger partial charge >= 0.3 is 0 Å². The van der Waals surface area contributed by atoms with Crippen LogP contribution in [0.5, 0.6) is 0 Å². The Balaban J connectivity index is 1.48. The molecule has 2 heterocycles. The second-order valence-electron chi connectivity index (χ2n) is 6.04. The Bertz CT molecular complexity index is 535. The molecule has 3 rings (SSSR count). The van der Waals surface area contributed by atoms with Crippen molar-refractivity contribution in [2.75, 3.05) is 38.2 Å². The third kappa shape index (κ3) is 4.09. The molecule has 0 saturated carbocycles. The molecule has 2 aliphatic rings. The van der Waals surface area contributed by atoms with Crippen molar-refractivity contribution in [1.29, 1.82) is 0 Å². The number of likely N-dealkylation sites (tertiary alicyclic amines) is 1. The molecule has 0 aliphatic carbocycles. The highest BCUT2D eigenvalue weighted by Crippen LogP contribution is 2.20. The summed E-state index contributed by atoms with van der Waals surface area (Å²) in [5.74, 6) is 0.101. The van der Waals surface area contributed by atoms with Gasteiger partial charge in [0.05, 0.1) is 13.2 Å². The second-order valence-corrected chi connectivity index (χ2v) is 6.04. The van der Waals surface area contributed by atoms with Crippen molar-refractivity contribution in [3.63, 3.8) is 0 Å². The molecule has 23 heavy (non-hydrogen) atoms. The van der Waals surface area contributed by atoms with Gasteiger partial charge in [-0.05, 0) is 25.0 Å². The maximum absolute atomic E-state index is 12.4. The fraction of sp³-hybridized carbons (Fsp3) is 0.529. The largest absolute Gasteiger partial charge is 0.378 e. The van der Waals surface area contributed by atoms with E-state index in [1.165, 1.54) is 0 Å². The minimum atomic E-state index is -0.238. The van der Waals surface area contributed by atoms with Crippen LogP contribution in [0, 0.1) is 5.92 Å². The van der Waals surface area contributed by atoms with Crippen molar-refractivity contribution < 1.29 is 14.3 Å². The lowest BCUT2D eigenvalue weighted by Crippen LogP contribution is -2.54. The average Bonchev–Trinajstić information content (AvgIpc) is 2.63. The third-order valence-corrected chi connectivity index (χ3v) is 4.44. The summed E-state index contributed by atoms with van der Waals surface area (Å²) in [4.78, 5) is 26.5. The Labute approximate surface area is 136 Å². The number of morpholine rings is 1. The zero-order chi connectivity index (χ0) is 16.1. The number of benzene rings is 1. The van der Waals surface area contributed by atoms with Crippen molar-refractivity contribution in [3.8, 4) is 0 Å². The van der Waals surface area contributed by atoms with E-state index in [9.17, 15) is 9.59 Å². The standard InChI is InChI=1S/C17H23N3O3/c21-16(19-14-4-2-1-3-5-14)13-6-9-20(10-7-13)17(22)15-12-23-11-8-18-15/h1-5,13,15,18H,6-12H2,(H,19,21). The summed E-state index contributed by atoms with van der Waals surface area (Å²) in [6.07, 6.45) is 1.41. The van der Waals surface area contributed by atoms with E-state index in [1.54, 1.807) is 0 Å². The first-order chi connectivity index (χ1) is 11.2. The Morgan fingerprint density at radius 2 is 1.91 bits per heavy atom. The molecule has 0 aromatic heterocycles. The maximum atomic E-state index is 12.4. The molecule has 1 atom stereocenters. The molecule has 2 amide bonds. The molecule has 6 nitrogen and oxygen atoms in total. The number of anilines is 1. The molecule has 1 unspecified atom stereocenters. The van der Waals surface area contributed by atoms with Gasteiger partial charge in [0.25, 0.3) is 0 Å². The van der Waals surface area contributed by atoms with E-state index < -0.39 is 0 Å². The van der Waals surface area contributed by atoms with E-state index >= 15 is 0 Å². The monoisotopic (exact) mass is 317 g/mol. The van der Waals surface area contributed by atoms with Crippen molar-refractivity contribution in [1.82, 2.24) is 10.2 Å². The molecule has 0 radical (unpaired) electrons. The first-order valence-electron chi connectivity index (χ1n) is 8.20. The number of piperidine rings is 1. The predicted molar refractivity (Wildman–Crippen MR) is 87.0 cm³/mol. The molecule has 2 N–H and O–H groups in total. The van der Waals surface area contributed by atoms with Crippen molar-refractivity contribution in [3.05, 3.63) is 30.3 Å². The lowest BCUT2D eigenvalue weighted by Gasteiger charge is -2.34. The van der Waals surface area contributed by atoms with Crippen LogP contribution in [0.3, 0.4) is 0 Å². The van der Waals surface area contributed by atoms with E-state index in [4.69, 9.17) is 4.74 Å². The molecule has 1 aromatic rings. The van der Waals surface area contributed by atoms with Crippen molar-refractivity contribution in [2.24, 2.45) is 5.92 Å². The van der Waals surface area contributed by atoms with Crippen LogP contribution in [0.25, 0.3) is 0 Å². The van der Waals surface area contributed by atoms with Crippen molar-refractivity contribution >= 4 is 17.5 Å². The number of hydrogen-bond acceptors (Lipinski definition) is 4. The van der Waals surface area contributed by atoms with E-state index in [0.29, 0.717) is 45.7 Å². The number of carbonyl (C=O) groups excluding carboxylic acids is 2. The summed E-state index contributed by atoms with van der Waals surface area (Å²) in [5.41, 5.74) is 0.819. The fourth-order valence-corrected chi connectivity index (χ4v) is 3.07. The first kappa shape index (κ1) is 16.0. The van der Waals surface area contributed by atoms with Crippen LogP contribution in [0.4, 0.5) is 5.69 Å². The van der Waals surface area contributed by atoms with Gasteiger partial charge in [0, 0.05) is 31.2 Å². The van der Waals surface area contributed by atoms with Crippen LogP contribution in [0.1, 0.15) is 12.8 Å². The van der Waals surface area contributed by atoms with Crippen molar-refractivity contribution in [2.45, 2.75) is 18.9 Å². The molecule has 6 heteroatoms. The smallest absolute Gasteiger partial charge is 0.242 e. The van der Waals surface area contributed by atoms with Gasteiger partial charge in [0.1, 0.15) is 6.04 Å². The van der Waals surface area contributed by atoms with Crippen LogP contribution in [0.15, 0.2) is 30.3 Å². The molecule has 124 valence electrons. The van der Waals surface area contributed by atoms with Gasteiger partial charge in [-0.2, -0.15) is 0 Å². The molecule has 1 aromatic carbocycles. The summed E-state index contributed by atoms with van der Waals surface area (Å²) < 4.78 is 5.35. The van der Waals surface area contributed by atoms with Gasteiger partial charge in [0.15, 0.2) is 0 Å². The maximum Gasteiger partial charge on any atom is 0.242 e. The highest BCUT2D eigenvalue weighted by atomic mass is 16.5. The van der Waals surface area contributed by atoms with Gasteiger partial charge in [0.2, 0.25) is 11.8 Å². The normalized spacial score (nSPS) is 22.6. The van der Waals surface area contributed by atoms with E-state index in [-0.39, 0.29) is 23.8 Å². The third-order valence-electron chi connectivity index (χ3n) is 4.44. The number of ether oxygens (including phenoxy) is 1. The zero-order valence-electron chi connectivity index (χ0n) is 13.2. The summed E-state index contributed by atoms with van der Waals surface area (Å²) in [7, 11) is 0. The van der Waals surface area contributed by atoms with Gasteiger partial charge in [-0.15, -0.1) is 0 Å². The molecule has 2 aliphatic heterocycles. The minimum Gasteiger partial charge on any atom is -0.378 e. The Morgan fingerprint density at radius 3 is 2.57 bits per heavy atom. The Hall–Kier alpha value is -1.92. The van der Waals surface area contributed by atoms with Crippen LogP contribution in [-0.2, 0) is 14.3 Å². The summed E-state index contributed by atoms with van der Waals surface area (Å²) >= 11 is 0. The highest BCUT2D eigenvalue weighted by Gasteiger charge is 2.31. The number of nitrogens with one attached hydrogen (secondary N) is 2.